The molecule has 0 heterocycles. The zero-order valence-electron chi connectivity index (χ0n) is 15.8. The molecule has 5 atom stereocenters. The van der Waals surface area contributed by atoms with Crippen LogP contribution in [0.5, 0.6) is 0 Å². The molecule has 132 valence electrons. The molecule has 1 aromatic carbocycles. The molecule has 24 heavy (non-hydrogen) atoms. The third-order valence-electron chi connectivity index (χ3n) is 8.08. The van der Waals surface area contributed by atoms with Crippen LogP contribution < -0.4 is 0 Å². The van der Waals surface area contributed by atoms with Crippen LogP contribution in [0.3, 0.4) is 0 Å². The predicted octanol–water partition coefficient (Wildman–Crippen LogP) is 7.20. The maximum atomic E-state index is 2.59. The van der Waals surface area contributed by atoms with E-state index < -0.39 is 0 Å². The third kappa shape index (κ3) is 3.06. The van der Waals surface area contributed by atoms with E-state index in [2.05, 4.69) is 44.2 Å². The fourth-order valence-corrected chi connectivity index (χ4v) is 6.98. The smallest absolute Gasteiger partial charge is 0.0131 e. The highest BCUT2D eigenvalue weighted by molar-refractivity contribution is 5.21. The minimum atomic E-state index is 0.579. The van der Waals surface area contributed by atoms with Crippen LogP contribution in [0.4, 0.5) is 0 Å². The molecule has 0 saturated heterocycles. The van der Waals surface area contributed by atoms with Crippen molar-refractivity contribution in [3.05, 3.63) is 35.9 Å². The molecule has 3 aliphatic rings. The Bertz CT molecular complexity index is 528. The van der Waals surface area contributed by atoms with Crippen molar-refractivity contribution in [1.82, 2.24) is 0 Å². The highest BCUT2D eigenvalue weighted by Crippen LogP contribution is 2.56. The van der Waals surface area contributed by atoms with Crippen molar-refractivity contribution in [2.45, 2.75) is 84.0 Å². The van der Waals surface area contributed by atoms with Gasteiger partial charge >= 0.3 is 0 Å². The van der Waals surface area contributed by atoms with Gasteiger partial charge in [0.15, 0.2) is 0 Å². The first kappa shape index (κ1) is 16.7. The van der Waals surface area contributed by atoms with E-state index in [1.54, 1.807) is 5.56 Å². The summed E-state index contributed by atoms with van der Waals surface area (Å²) in [5.74, 6) is 4.82. The lowest BCUT2D eigenvalue weighted by molar-refractivity contribution is -0.0149. The van der Waals surface area contributed by atoms with E-state index in [1.807, 2.05) is 0 Å². The van der Waals surface area contributed by atoms with Gasteiger partial charge in [-0.15, -0.1) is 0 Å². The average Bonchev–Trinajstić information content (AvgIpc) is 2.61. The summed E-state index contributed by atoms with van der Waals surface area (Å²) in [5.41, 5.74) is 2.22. The average molecular weight is 325 g/mol. The summed E-state index contributed by atoms with van der Waals surface area (Å²) >= 11 is 0. The zero-order valence-corrected chi connectivity index (χ0v) is 15.8. The Hall–Kier alpha value is -0.780. The van der Waals surface area contributed by atoms with Crippen LogP contribution in [0.2, 0.25) is 0 Å². The summed E-state index contributed by atoms with van der Waals surface area (Å²) in [6.07, 6.45) is 14.8. The van der Waals surface area contributed by atoms with E-state index >= 15 is 0 Å². The largest absolute Gasteiger partial charge is 0.0622 e. The van der Waals surface area contributed by atoms with Gasteiger partial charge in [0.25, 0.3) is 0 Å². The predicted molar refractivity (Wildman–Crippen MR) is 103 cm³/mol. The van der Waals surface area contributed by atoms with E-state index in [0.717, 1.165) is 29.6 Å². The number of benzene rings is 1. The van der Waals surface area contributed by atoms with E-state index in [0.29, 0.717) is 5.41 Å². The fraction of sp³-hybridized carbons (Fsp3) is 0.750. The fourth-order valence-electron chi connectivity index (χ4n) is 6.98. The molecule has 0 heteroatoms. The van der Waals surface area contributed by atoms with Crippen molar-refractivity contribution < 1.29 is 0 Å². The van der Waals surface area contributed by atoms with Crippen LogP contribution in [-0.4, -0.2) is 0 Å². The maximum absolute atomic E-state index is 2.59. The van der Waals surface area contributed by atoms with E-state index in [1.165, 1.54) is 64.2 Å². The molecule has 1 aromatic rings. The van der Waals surface area contributed by atoms with Crippen molar-refractivity contribution in [3.8, 4) is 0 Å². The summed E-state index contributed by atoms with van der Waals surface area (Å²) in [6.45, 7) is 5.18. The van der Waals surface area contributed by atoms with Gasteiger partial charge in [-0.3, -0.25) is 0 Å². The summed E-state index contributed by atoms with van der Waals surface area (Å²) in [7, 11) is 0. The Morgan fingerprint density at radius 2 is 1.42 bits per heavy atom. The maximum Gasteiger partial charge on any atom is -0.0131 e. The van der Waals surface area contributed by atoms with Gasteiger partial charge in [-0.1, -0.05) is 69.9 Å². The second-order valence-electron chi connectivity index (χ2n) is 9.71. The molecule has 0 aliphatic heterocycles. The lowest BCUT2D eigenvalue weighted by atomic mass is 9.52. The van der Waals surface area contributed by atoms with Gasteiger partial charge < -0.3 is 0 Å². The van der Waals surface area contributed by atoms with Crippen LogP contribution in [0, 0.1) is 29.1 Å². The molecule has 0 bridgehead atoms. The quantitative estimate of drug-likeness (QED) is 0.512. The first-order chi connectivity index (χ1) is 11.7. The van der Waals surface area contributed by atoms with Crippen molar-refractivity contribution in [2.75, 3.05) is 0 Å². The molecule has 3 saturated carbocycles. The molecule has 3 aliphatic carbocycles. The van der Waals surface area contributed by atoms with Crippen LogP contribution >= 0.6 is 0 Å². The SMILES string of the molecule is CC1(C)CCCC2C(c3ccccc3)CCCC2C2CCCC[C@@H]21. The van der Waals surface area contributed by atoms with Crippen molar-refractivity contribution >= 4 is 0 Å². The van der Waals surface area contributed by atoms with Crippen molar-refractivity contribution in [1.29, 1.82) is 0 Å². The van der Waals surface area contributed by atoms with Gasteiger partial charge in [0.05, 0.1) is 0 Å². The van der Waals surface area contributed by atoms with E-state index in [9.17, 15) is 0 Å². The van der Waals surface area contributed by atoms with Gasteiger partial charge in [0, 0.05) is 0 Å². The van der Waals surface area contributed by atoms with Crippen molar-refractivity contribution in [2.24, 2.45) is 29.1 Å². The Morgan fingerprint density at radius 3 is 2.25 bits per heavy atom. The topological polar surface area (TPSA) is 0 Å². The Kier molecular flexibility index (Phi) is 4.76. The molecular formula is C24H36. The summed E-state index contributed by atoms with van der Waals surface area (Å²) in [5, 5.41) is 0. The second-order valence-corrected chi connectivity index (χ2v) is 9.71. The van der Waals surface area contributed by atoms with Crippen LogP contribution in [-0.2, 0) is 0 Å². The molecule has 4 rings (SSSR count). The van der Waals surface area contributed by atoms with Gasteiger partial charge in [-0.25, -0.2) is 0 Å². The number of fused-ring (bicyclic) bond motifs is 3. The first-order valence-corrected chi connectivity index (χ1v) is 10.7. The third-order valence-corrected chi connectivity index (χ3v) is 8.08. The summed E-state index contributed by atoms with van der Waals surface area (Å²) in [4.78, 5) is 0. The molecular weight excluding hydrogens is 288 g/mol. The normalized spacial score (nSPS) is 39.2. The highest BCUT2D eigenvalue weighted by Gasteiger charge is 2.46. The van der Waals surface area contributed by atoms with Crippen molar-refractivity contribution in [3.63, 3.8) is 0 Å². The summed E-state index contributed by atoms with van der Waals surface area (Å²) < 4.78 is 0. The molecule has 4 unspecified atom stereocenters. The number of hydrogen-bond donors (Lipinski definition) is 0. The molecule has 3 fully saturated rings. The lowest BCUT2D eigenvalue weighted by Crippen LogP contribution is -2.43. The molecule has 0 radical (unpaired) electrons. The minimum absolute atomic E-state index is 0.579. The highest BCUT2D eigenvalue weighted by atomic mass is 14.5. The van der Waals surface area contributed by atoms with E-state index in [-0.39, 0.29) is 0 Å². The van der Waals surface area contributed by atoms with Crippen LogP contribution in [0.1, 0.15) is 89.5 Å². The molecule has 0 N–H and O–H groups in total. The van der Waals surface area contributed by atoms with Gasteiger partial charge in [-0.2, -0.15) is 0 Å². The van der Waals surface area contributed by atoms with Crippen LogP contribution in [0.15, 0.2) is 30.3 Å². The van der Waals surface area contributed by atoms with Gasteiger partial charge in [0.1, 0.15) is 0 Å². The lowest BCUT2D eigenvalue weighted by Gasteiger charge is -2.53. The summed E-state index contributed by atoms with van der Waals surface area (Å²) in [6, 6.07) is 11.5. The van der Waals surface area contributed by atoms with E-state index in [4.69, 9.17) is 0 Å². The first-order valence-electron chi connectivity index (χ1n) is 10.7. The monoisotopic (exact) mass is 324 g/mol. The van der Waals surface area contributed by atoms with Gasteiger partial charge in [0.2, 0.25) is 0 Å². The number of hydrogen-bond acceptors (Lipinski definition) is 0. The molecule has 0 nitrogen and oxygen atoms in total. The van der Waals surface area contributed by atoms with Gasteiger partial charge in [-0.05, 0) is 79.1 Å². The minimum Gasteiger partial charge on any atom is -0.0622 e. The number of rotatable bonds is 1. The second kappa shape index (κ2) is 6.85. The standard InChI is InChI=1S/C24H36/c1-24(2)17-9-15-20-19(18-10-4-3-5-11-18)13-8-14-21(20)22-12-6-7-16-23(22)24/h3-5,10-11,19-23H,6-9,12-17H2,1-2H3/t19?,20?,21?,22?,23-/m0/s1. The molecule has 0 spiro atoms. The Morgan fingerprint density at radius 1 is 0.708 bits per heavy atom. The zero-order chi connectivity index (χ0) is 16.6. The van der Waals surface area contributed by atoms with Crippen LogP contribution in [0.25, 0.3) is 0 Å². The Labute approximate surface area is 149 Å². The molecule has 0 aromatic heterocycles. The molecule has 0 amide bonds. The Balaban J connectivity index is 1.65.